The Hall–Kier alpha value is -1.59. The predicted octanol–water partition coefficient (Wildman–Crippen LogP) is 2.25. The van der Waals surface area contributed by atoms with Crippen LogP contribution < -0.4 is 15.4 Å². The molecule has 2 heterocycles. The highest BCUT2D eigenvalue weighted by atomic mass is 127. The van der Waals surface area contributed by atoms with Crippen LogP contribution in [0, 0.1) is 0 Å². The van der Waals surface area contributed by atoms with Gasteiger partial charge in [-0.05, 0) is 56.5 Å². The summed E-state index contributed by atoms with van der Waals surface area (Å²) in [7, 11) is 5.18. The molecular weight excluding hydrogens is 521 g/mol. The average molecular weight is 559 g/mol. The van der Waals surface area contributed by atoms with E-state index in [1.54, 1.807) is 26.1 Å². The Morgan fingerprint density at radius 1 is 1.22 bits per heavy atom. The number of hydrogen-bond donors (Lipinski definition) is 2. The number of likely N-dealkylation sites (N-methyl/N-ethyl adjacent to an activating group) is 1. The van der Waals surface area contributed by atoms with Crippen molar-refractivity contribution in [2.75, 3.05) is 60.5 Å². The molecule has 0 aliphatic carbocycles. The highest BCUT2D eigenvalue weighted by Crippen LogP contribution is 2.26. The molecule has 0 spiro atoms. The molecule has 9 heteroatoms. The van der Waals surface area contributed by atoms with Gasteiger partial charge in [0.15, 0.2) is 5.96 Å². The Labute approximate surface area is 209 Å². The third-order valence-corrected chi connectivity index (χ3v) is 5.94. The summed E-state index contributed by atoms with van der Waals surface area (Å²) in [6.45, 7) is 4.52. The topological polar surface area (TPSA) is 78.4 Å². The van der Waals surface area contributed by atoms with Gasteiger partial charge in [-0.2, -0.15) is 0 Å². The molecule has 1 aromatic rings. The number of amides is 1. The van der Waals surface area contributed by atoms with Gasteiger partial charge in [0.25, 0.3) is 0 Å². The highest BCUT2D eigenvalue weighted by Gasteiger charge is 2.24. The maximum atomic E-state index is 12.1. The fraction of sp³-hybridized carbons (Fsp3) is 0.652. The molecule has 2 unspecified atom stereocenters. The quantitative estimate of drug-likeness (QED) is 0.275. The van der Waals surface area contributed by atoms with Crippen LogP contribution in [0.2, 0.25) is 0 Å². The van der Waals surface area contributed by atoms with Crippen molar-refractivity contribution in [2.24, 2.45) is 4.99 Å². The van der Waals surface area contributed by atoms with Crippen LogP contribution in [0.1, 0.15) is 37.3 Å². The van der Waals surface area contributed by atoms with Gasteiger partial charge in [0.05, 0.1) is 19.3 Å². The molecule has 2 saturated heterocycles. The van der Waals surface area contributed by atoms with Crippen LogP contribution in [0.5, 0.6) is 5.75 Å². The van der Waals surface area contributed by atoms with E-state index in [-0.39, 0.29) is 48.6 Å². The van der Waals surface area contributed by atoms with Crippen LogP contribution in [0.4, 0.5) is 0 Å². The van der Waals surface area contributed by atoms with Crippen LogP contribution in [0.3, 0.4) is 0 Å². The summed E-state index contributed by atoms with van der Waals surface area (Å²) in [5, 5.41) is 6.86. The number of aliphatic imine (C=N–C) groups is 1. The fourth-order valence-corrected chi connectivity index (χ4v) is 4.01. The minimum absolute atomic E-state index is 0. The second-order valence-electron chi connectivity index (χ2n) is 8.38. The summed E-state index contributed by atoms with van der Waals surface area (Å²) in [5.41, 5.74) is 1.25. The first-order valence-electron chi connectivity index (χ1n) is 11.3. The fourth-order valence-electron chi connectivity index (χ4n) is 4.01. The van der Waals surface area contributed by atoms with Crippen LogP contribution in [0.15, 0.2) is 29.3 Å². The first-order valence-corrected chi connectivity index (χ1v) is 11.3. The van der Waals surface area contributed by atoms with Gasteiger partial charge in [-0.25, -0.2) is 4.99 Å². The lowest BCUT2D eigenvalue weighted by atomic mass is 10.1. The molecule has 180 valence electrons. The van der Waals surface area contributed by atoms with Gasteiger partial charge < -0.3 is 25.0 Å². The summed E-state index contributed by atoms with van der Waals surface area (Å²) < 4.78 is 11.0. The average Bonchev–Trinajstić information content (AvgIpc) is 3.50. The zero-order valence-corrected chi connectivity index (χ0v) is 21.8. The van der Waals surface area contributed by atoms with Crippen molar-refractivity contribution >= 4 is 35.8 Å². The van der Waals surface area contributed by atoms with Crippen LogP contribution >= 0.6 is 24.0 Å². The van der Waals surface area contributed by atoms with Crippen LogP contribution in [-0.4, -0.2) is 88.3 Å². The number of hydrogen-bond acceptors (Lipinski definition) is 5. The number of likely N-dealkylation sites (tertiary alicyclic amines) is 1. The normalized spacial score (nSPS) is 19.8. The van der Waals surface area contributed by atoms with Crippen molar-refractivity contribution in [3.05, 3.63) is 29.8 Å². The number of methoxy groups -OCH3 is 1. The molecule has 8 nitrogen and oxygen atoms in total. The number of halogens is 1. The number of rotatable bonds is 9. The molecule has 2 fully saturated rings. The summed E-state index contributed by atoms with van der Waals surface area (Å²) in [6, 6.07) is 8.52. The molecule has 1 aromatic carbocycles. The van der Waals surface area contributed by atoms with E-state index in [2.05, 4.69) is 32.7 Å². The van der Waals surface area contributed by atoms with E-state index in [4.69, 9.17) is 9.47 Å². The van der Waals surface area contributed by atoms with Crippen molar-refractivity contribution in [3.8, 4) is 5.75 Å². The Kier molecular flexibility index (Phi) is 11.5. The maximum absolute atomic E-state index is 12.1. The van der Waals surface area contributed by atoms with Gasteiger partial charge in [-0.3, -0.25) is 9.69 Å². The van der Waals surface area contributed by atoms with Crippen LogP contribution in [0.25, 0.3) is 0 Å². The lowest BCUT2D eigenvalue weighted by molar-refractivity contribution is -0.127. The molecule has 2 N–H and O–H groups in total. The Bertz CT molecular complexity index is 717. The van der Waals surface area contributed by atoms with Gasteiger partial charge in [-0.1, -0.05) is 12.1 Å². The van der Waals surface area contributed by atoms with E-state index >= 15 is 0 Å². The zero-order valence-electron chi connectivity index (χ0n) is 19.5. The predicted molar refractivity (Wildman–Crippen MR) is 138 cm³/mol. The second kappa shape index (κ2) is 13.8. The molecule has 0 aromatic heterocycles. The summed E-state index contributed by atoms with van der Waals surface area (Å²) in [5.74, 6) is 1.49. The van der Waals surface area contributed by atoms with Gasteiger partial charge in [0.1, 0.15) is 12.3 Å². The smallest absolute Gasteiger partial charge is 0.243 e. The minimum atomic E-state index is -0.0236. The monoisotopic (exact) mass is 559 g/mol. The summed E-state index contributed by atoms with van der Waals surface area (Å²) in [6.07, 6.45) is 4.80. The first kappa shape index (κ1) is 26.7. The molecule has 3 rings (SSSR count). The first-order chi connectivity index (χ1) is 15.1. The number of benzene rings is 1. The van der Waals surface area contributed by atoms with Crippen molar-refractivity contribution < 1.29 is 14.3 Å². The summed E-state index contributed by atoms with van der Waals surface area (Å²) in [4.78, 5) is 20.7. The third-order valence-electron chi connectivity index (χ3n) is 5.94. The molecule has 0 radical (unpaired) electrons. The number of nitrogens with one attached hydrogen (secondary N) is 2. The number of carbonyl (C=O) groups excluding carboxylic acids is 1. The van der Waals surface area contributed by atoms with E-state index in [1.165, 1.54) is 18.4 Å². The Morgan fingerprint density at radius 2 is 1.94 bits per heavy atom. The lowest BCUT2D eigenvalue weighted by Crippen LogP contribution is -2.45. The number of guanidine groups is 1. The molecule has 32 heavy (non-hydrogen) atoms. The standard InChI is InChI=1S/C23H37N5O3.HI/c1-27(2)22(29)17-26-23(24-15-20-7-6-14-31-20)25-16-21(28-12-4-5-13-28)18-8-10-19(30-3)11-9-18;/h8-11,20-21H,4-7,12-17H2,1-3H3,(H2,24,25,26);1H. The molecule has 2 atom stereocenters. The van der Waals surface area contributed by atoms with E-state index in [9.17, 15) is 4.79 Å². The number of ether oxygens (including phenoxy) is 2. The molecular formula is C23H38IN5O3. The lowest BCUT2D eigenvalue weighted by Gasteiger charge is -2.29. The number of carbonyl (C=O) groups is 1. The van der Waals surface area contributed by atoms with Gasteiger partial charge in [0.2, 0.25) is 5.91 Å². The summed E-state index contributed by atoms with van der Waals surface area (Å²) >= 11 is 0. The third kappa shape index (κ3) is 8.08. The SMILES string of the molecule is COc1ccc(C(CNC(=NCC(=O)N(C)C)NCC2CCCO2)N2CCCC2)cc1.I. The van der Waals surface area contributed by atoms with E-state index in [0.717, 1.165) is 38.3 Å². The largest absolute Gasteiger partial charge is 0.497 e. The molecule has 0 bridgehead atoms. The number of nitrogens with zero attached hydrogens (tertiary/aromatic N) is 3. The van der Waals surface area contributed by atoms with Crippen molar-refractivity contribution in [1.29, 1.82) is 0 Å². The Morgan fingerprint density at radius 3 is 2.53 bits per heavy atom. The van der Waals surface area contributed by atoms with Gasteiger partial charge >= 0.3 is 0 Å². The highest BCUT2D eigenvalue weighted by molar-refractivity contribution is 14.0. The zero-order chi connectivity index (χ0) is 22.1. The maximum Gasteiger partial charge on any atom is 0.243 e. The second-order valence-corrected chi connectivity index (χ2v) is 8.38. The van der Waals surface area contributed by atoms with Crippen molar-refractivity contribution in [2.45, 2.75) is 37.8 Å². The van der Waals surface area contributed by atoms with E-state index in [0.29, 0.717) is 19.0 Å². The van der Waals surface area contributed by atoms with Gasteiger partial charge in [-0.15, -0.1) is 24.0 Å². The Balaban J connectivity index is 0.00000363. The molecule has 1 amide bonds. The van der Waals surface area contributed by atoms with Crippen molar-refractivity contribution in [1.82, 2.24) is 20.4 Å². The van der Waals surface area contributed by atoms with Crippen LogP contribution in [-0.2, 0) is 9.53 Å². The van der Waals surface area contributed by atoms with E-state index < -0.39 is 0 Å². The molecule has 2 aliphatic heterocycles. The molecule has 0 saturated carbocycles. The minimum Gasteiger partial charge on any atom is -0.497 e. The van der Waals surface area contributed by atoms with E-state index in [1.807, 2.05) is 12.1 Å². The molecule has 2 aliphatic rings. The van der Waals surface area contributed by atoms with Crippen molar-refractivity contribution in [3.63, 3.8) is 0 Å². The van der Waals surface area contributed by atoms with Gasteiger partial charge in [0, 0.05) is 33.8 Å².